The van der Waals surface area contributed by atoms with Crippen LogP contribution in [0.1, 0.15) is 26.7 Å². The van der Waals surface area contributed by atoms with Gasteiger partial charge in [0.25, 0.3) is 0 Å². The molecular formula is C9H17F3N2O. The van der Waals surface area contributed by atoms with Gasteiger partial charge in [-0.2, -0.15) is 13.2 Å². The maximum absolute atomic E-state index is 11.7. The van der Waals surface area contributed by atoms with Gasteiger partial charge in [-0.3, -0.25) is 4.79 Å². The van der Waals surface area contributed by atoms with Crippen LogP contribution in [0.15, 0.2) is 0 Å². The Balaban J connectivity index is 3.42. The van der Waals surface area contributed by atoms with Gasteiger partial charge in [0.15, 0.2) is 0 Å². The third-order valence-electron chi connectivity index (χ3n) is 1.62. The molecule has 0 fully saturated rings. The van der Waals surface area contributed by atoms with Gasteiger partial charge in [-0.25, -0.2) is 0 Å². The minimum Gasteiger partial charge on any atom is -0.347 e. The second kappa shape index (κ2) is 6.66. The Bertz CT molecular complexity index is 192. The number of nitrogens with one attached hydrogen (secondary N) is 2. The molecular weight excluding hydrogens is 209 g/mol. The van der Waals surface area contributed by atoms with Crippen molar-refractivity contribution >= 4 is 5.91 Å². The number of hydrogen-bond donors (Lipinski definition) is 2. The number of carbonyl (C=O) groups is 1. The summed E-state index contributed by atoms with van der Waals surface area (Å²) in [7, 11) is 0. The van der Waals surface area contributed by atoms with Crippen LogP contribution in [0.4, 0.5) is 13.2 Å². The summed E-state index contributed by atoms with van der Waals surface area (Å²) >= 11 is 0. The minimum absolute atomic E-state index is 0.121. The second-order valence-corrected chi connectivity index (χ2v) is 3.60. The fourth-order valence-corrected chi connectivity index (χ4v) is 0.927. The van der Waals surface area contributed by atoms with E-state index >= 15 is 0 Å². The first-order chi connectivity index (χ1) is 6.81. The molecule has 2 N–H and O–H groups in total. The molecule has 0 aromatic carbocycles. The smallest absolute Gasteiger partial charge is 0.347 e. The average Bonchev–Trinajstić information content (AvgIpc) is 2.07. The lowest BCUT2D eigenvalue weighted by Crippen LogP contribution is -2.34. The first-order valence-electron chi connectivity index (χ1n) is 4.88. The number of hydrogen-bond acceptors (Lipinski definition) is 2. The van der Waals surface area contributed by atoms with E-state index in [1.807, 2.05) is 19.2 Å². The summed E-state index contributed by atoms with van der Waals surface area (Å²) in [5, 5.41) is 4.89. The molecule has 0 bridgehead atoms. The Hall–Kier alpha value is -0.780. The lowest BCUT2D eigenvalue weighted by atomic mass is 10.2. The summed E-state index contributed by atoms with van der Waals surface area (Å²) in [4.78, 5) is 10.9. The van der Waals surface area contributed by atoms with Crippen LogP contribution in [0.5, 0.6) is 0 Å². The third kappa shape index (κ3) is 11.1. The molecule has 0 atom stereocenters. The minimum atomic E-state index is -4.33. The van der Waals surface area contributed by atoms with Gasteiger partial charge in [0, 0.05) is 12.5 Å². The quantitative estimate of drug-likeness (QED) is 0.673. The van der Waals surface area contributed by atoms with Crippen LogP contribution in [0.25, 0.3) is 0 Å². The van der Waals surface area contributed by atoms with Gasteiger partial charge in [-0.1, -0.05) is 13.8 Å². The van der Waals surface area contributed by atoms with E-state index < -0.39 is 18.6 Å². The van der Waals surface area contributed by atoms with Gasteiger partial charge in [0.05, 0.1) is 0 Å². The van der Waals surface area contributed by atoms with Crippen molar-refractivity contribution in [2.24, 2.45) is 0 Å². The van der Waals surface area contributed by atoms with Gasteiger partial charge >= 0.3 is 6.18 Å². The number of alkyl halides is 3. The Morgan fingerprint density at radius 2 is 1.93 bits per heavy atom. The molecule has 15 heavy (non-hydrogen) atoms. The van der Waals surface area contributed by atoms with Crippen LogP contribution in [-0.2, 0) is 4.79 Å². The van der Waals surface area contributed by atoms with Crippen molar-refractivity contribution in [3.05, 3.63) is 0 Å². The zero-order valence-electron chi connectivity index (χ0n) is 8.95. The molecule has 0 unspecified atom stereocenters. The molecule has 0 aliphatic heterocycles. The average molecular weight is 226 g/mol. The van der Waals surface area contributed by atoms with Crippen molar-refractivity contribution < 1.29 is 18.0 Å². The molecule has 0 aliphatic carbocycles. The molecule has 0 aromatic heterocycles. The Kier molecular flexibility index (Phi) is 6.31. The monoisotopic (exact) mass is 226 g/mol. The SMILES string of the molecule is CC(C)NCCCC(=O)NCC(F)(F)F. The molecule has 0 radical (unpaired) electrons. The van der Waals surface area contributed by atoms with E-state index in [0.29, 0.717) is 19.0 Å². The van der Waals surface area contributed by atoms with Gasteiger partial charge in [-0.15, -0.1) is 0 Å². The summed E-state index contributed by atoms with van der Waals surface area (Å²) in [5.74, 6) is -0.558. The fourth-order valence-electron chi connectivity index (χ4n) is 0.927. The molecule has 0 rings (SSSR count). The lowest BCUT2D eigenvalue weighted by Gasteiger charge is -2.09. The van der Waals surface area contributed by atoms with Crippen molar-refractivity contribution in [1.82, 2.24) is 10.6 Å². The summed E-state index contributed by atoms with van der Waals surface area (Å²) in [6, 6.07) is 0.322. The van der Waals surface area contributed by atoms with Crippen LogP contribution in [0, 0.1) is 0 Å². The zero-order chi connectivity index (χ0) is 11.9. The number of carbonyl (C=O) groups excluding carboxylic acids is 1. The molecule has 0 aromatic rings. The van der Waals surface area contributed by atoms with Gasteiger partial charge < -0.3 is 10.6 Å². The number of rotatable bonds is 6. The molecule has 6 heteroatoms. The van der Waals surface area contributed by atoms with Crippen LogP contribution in [0.3, 0.4) is 0 Å². The summed E-state index contributed by atoms with van der Waals surface area (Å²) in [6.45, 7) is 3.31. The highest BCUT2D eigenvalue weighted by atomic mass is 19.4. The van der Waals surface area contributed by atoms with Crippen LogP contribution in [-0.4, -0.2) is 31.2 Å². The summed E-state index contributed by atoms with van der Waals surface area (Å²) < 4.78 is 35.0. The molecule has 1 amide bonds. The molecule has 0 heterocycles. The van der Waals surface area contributed by atoms with Gasteiger partial charge in [-0.05, 0) is 13.0 Å². The van der Waals surface area contributed by atoms with Gasteiger partial charge in [0.1, 0.15) is 6.54 Å². The van der Waals surface area contributed by atoms with E-state index in [9.17, 15) is 18.0 Å². The molecule has 90 valence electrons. The largest absolute Gasteiger partial charge is 0.405 e. The van der Waals surface area contributed by atoms with E-state index in [0.717, 1.165) is 0 Å². The predicted molar refractivity (Wildman–Crippen MR) is 51.4 cm³/mol. The van der Waals surface area contributed by atoms with Crippen LogP contribution < -0.4 is 10.6 Å². The highest BCUT2D eigenvalue weighted by molar-refractivity contribution is 5.75. The maximum atomic E-state index is 11.7. The van der Waals surface area contributed by atoms with Crippen molar-refractivity contribution in [3.8, 4) is 0 Å². The highest BCUT2D eigenvalue weighted by Gasteiger charge is 2.27. The molecule has 0 aliphatic rings. The van der Waals surface area contributed by atoms with Crippen molar-refractivity contribution in [3.63, 3.8) is 0 Å². The van der Waals surface area contributed by atoms with E-state index in [4.69, 9.17) is 0 Å². The van der Waals surface area contributed by atoms with Crippen molar-refractivity contribution in [2.75, 3.05) is 13.1 Å². The van der Waals surface area contributed by atoms with E-state index in [1.165, 1.54) is 0 Å². The Morgan fingerprint density at radius 1 is 1.33 bits per heavy atom. The number of halogens is 3. The highest BCUT2D eigenvalue weighted by Crippen LogP contribution is 2.12. The van der Waals surface area contributed by atoms with E-state index in [1.54, 1.807) is 0 Å². The predicted octanol–water partition coefficient (Wildman–Crippen LogP) is 1.44. The van der Waals surface area contributed by atoms with Crippen LogP contribution in [0.2, 0.25) is 0 Å². The normalized spacial score (nSPS) is 11.9. The van der Waals surface area contributed by atoms with Crippen molar-refractivity contribution in [2.45, 2.75) is 38.9 Å². The van der Waals surface area contributed by atoms with Crippen molar-refractivity contribution in [1.29, 1.82) is 0 Å². The maximum Gasteiger partial charge on any atom is 0.405 e. The molecule has 0 saturated heterocycles. The Labute approximate surface area is 87.4 Å². The van der Waals surface area contributed by atoms with E-state index in [2.05, 4.69) is 5.32 Å². The topological polar surface area (TPSA) is 41.1 Å². The molecule has 3 nitrogen and oxygen atoms in total. The standard InChI is InChI=1S/C9H17F3N2O/c1-7(2)13-5-3-4-8(15)14-6-9(10,11)12/h7,13H,3-6H2,1-2H3,(H,14,15). The second-order valence-electron chi connectivity index (χ2n) is 3.60. The van der Waals surface area contributed by atoms with Gasteiger partial charge in [0.2, 0.25) is 5.91 Å². The number of amides is 1. The summed E-state index contributed by atoms with van der Waals surface area (Å²) in [6.07, 6.45) is -3.66. The van der Waals surface area contributed by atoms with E-state index in [-0.39, 0.29) is 6.42 Å². The Morgan fingerprint density at radius 3 is 2.40 bits per heavy atom. The third-order valence-corrected chi connectivity index (χ3v) is 1.62. The van der Waals surface area contributed by atoms with Crippen LogP contribution >= 0.6 is 0 Å². The summed E-state index contributed by atoms with van der Waals surface area (Å²) in [5.41, 5.74) is 0. The zero-order valence-corrected chi connectivity index (χ0v) is 8.95. The first-order valence-corrected chi connectivity index (χ1v) is 4.88. The molecule has 0 saturated carbocycles. The lowest BCUT2D eigenvalue weighted by molar-refractivity contribution is -0.138. The fraction of sp³-hybridized carbons (Fsp3) is 0.889. The molecule has 0 spiro atoms. The first kappa shape index (κ1) is 14.2.